The molecule has 2 atom stereocenters. The van der Waals surface area contributed by atoms with Crippen LogP contribution in [-0.2, 0) is 9.47 Å². The summed E-state index contributed by atoms with van der Waals surface area (Å²) in [4.78, 5) is 0. The van der Waals surface area contributed by atoms with Crippen LogP contribution >= 0.6 is 0 Å². The van der Waals surface area contributed by atoms with Gasteiger partial charge in [-0.2, -0.15) is 0 Å². The van der Waals surface area contributed by atoms with Gasteiger partial charge in [0.05, 0.1) is 13.2 Å². The van der Waals surface area contributed by atoms with Crippen molar-refractivity contribution in [1.29, 1.82) is 0 Å². The Labute approximate surface area is 92.5 Å². The van der Waals surface area contributed by atoms with Crippen LogP contribution in [0.1, 0.15) is 11.9 Å². The first kappa shape index (κ1) is 9.89. The number of hydrogen-bond acceptors (Lipinski definition) is 5. The number of rotatable bonds is 2. The Morgan fingerprint density at radius 2 is 2.12 bits per heavy atom. The van der Waals surface area contributed by atoms with Gasteiger partial charge in [-0.3, -0.25) is 0 Å². The Hall–Kier alpha value is -1.30. The van der Waals surface area contributed by atoms with Gasteiger partial charge in [-0.1, -0.05) is 0 Å². The van der Waals surface area contributed by atoms with E-state index < -0.39 is 6.29 Å². The first-order valence-corrected chi connectivity index (χ1v) is 5.14. The molecule has 0 aliphatic carbocycles. The normalized spacial score (nSPS) is 27.3. The molecule has 1 fully saturated rings. The molecule has 2 heterocycles. The van der Waals surface area contributed by atoms with Crippen molar-refractivity contribution in [2.75, 3.05) is 20.0 Å². The van der Waals surface area contributed by atoms with E-state index in [-0.39, 0.29) is 19.5 Å². The molecule has 0 bridgehead atoms. The summed E-state index contributed by atoms with van der Waals surface area (Å²) in [5, 5.41) is 8.94. The summed E-state index contributed by atoms with van der Waals surface area (Å²) in [6.07, 6.45) is -0.665. The number of aliphatic hydroxyl groups excluding tert-OH is 1. The summed E-state index contributed by atoms with van der Waals surface area (Å²) >= 11 is 0. The smallest absolute Gasteiger partial charge is 0.231 e. The molecule has 0 aromatic heterocycles. The molecule has 0 amide bonds. The highest BCUT2D eigenvalue weighted by molar-refractivity contribution is 5.44. The second-order valence-electron chi connectivity index (χ2n) is 3.72. The molecule has 0 saturated carbocycles. The van der Waals surface area contributed by atoms with Gasteiger partial charge in [0.25, 0.3) is 0 Å². The van der Waals surface area contributed by atoms with E-state index in [1.54, 1.807) is 0 Å². The molecule has 3 rings (SSSR count). The Kier molecular flexibility index (Phi) is 2.43. The van der Waals surface area contributed by atoms with Crippen molar-refractivity contribution in [2.24, 2.45) is 0 Å². The fraction of sp³-hybridized carbons (Fsp3) is 0.455. The maximum Gasteiger partial charge on any atom is 0.231 e. The van der Waals surface area contributed by atoms with Crippen LogP contribution in [0, 0.1) is 0 Å². The maximum absolute atomic E-state index is 8.94. The first-order chi connectivity index (χ1) is 7.86. The molecule has 5 heteroatoms. The topological polar surface area (TPSA) is 57.2 Å². The Morgan fingerprint density at radius 3 is 2.94 bits per heavy atom. The Morgan fingerprint density at radius 1 is 1.25 bits per heavy atom. The summed E-state index contributed by atoms with van der Waals surface area (Å²) in [5.41, 5.74) is 0.875. The SMILES string of the molecule is OCC1COC(c2ccc3c(c2)OCO3)O1. The highest BCUT2D eigenvalue weighted by atomic mass is 16.7. The standard InChI is InChI=1S/C11H12O5/c12-4-8-5-13-11(16-8)7-1-2-9-10(3-7)15-6-14-9/h1-3,8,11-12H,4-6H2. The van der Waals surface area contributed by atoms with Gasteiger partial charge < -0.3 is 24.1 Å². The average Bonchev–Trinajstić information content (AvgIpc) is 2.96. The minimum atomic E-state index is -0.424. The van der Waals surface area contributed by atoms with Crippen LogP contribution in [0.3, 0.4) is 0 Å². The maximum atomic E-state index is 8.94. The molecular formula is C11H12O5. The minimum Gasteiger partial charge on any atom is -0.454 e. The van der Waals surface area contributed by atoms with Gasteiger partial charge in [0.1, 0.15) is 6.10 Å². The van der Waals surface area contributed by atoms with Gasteiger partial charge in [0, 0.05) is 5.56 Å². The van der Waals surface area contributed by atoms with E-state index in [2.05, 4.69) is 0 Å². The van der Waals surface area contributed by atoms with Crippen molar-refractivity contribution in [1.82, 2.24) is 0 Å². The summed E-state index contributed by atoms with van der Waals surface area (Å²) < 4.78 is 21.4. The molecule has 2 aliphatic heterocycles. The second-order valence-corrected chi connectivity index (χ2v) is 3.72. The van der Waals surface area contributed by atoms with E-state index in [0.29, 0.717) is 12.4 Å². The number of benzene rings is 1. The van der Waals surface area contributed by atoms with Crippen molar-refractivity contribution in [3.05, 3.63) is 23.8 Å². The highest BCUT2D eigenvalue weighted by Crippen LogP contribution is 2.36. The lowest BCUT2D eigenvalue weighted by molar-refractivity contribution is -0.0676. The van der Waals surface area contributed by atoms with Crippen molar-refractivity contribution >= 4 is 0 Å². The van der Waals surface area contributed by atoms with Crippen molar-refractivity contribution in [3.63, 3.8) is 0 Å². The molecule has 1 aromatic rings. The number of fused-ring (bicyclic) bond motifs is 1. The monoisotopic (exact) mass is 224 g/mol. The summed E-state index contributed by atoms with van der Waals surface area (Å²) in [5.74, 6) is 1.44. The predicted molar refractivity (Wildman–Crippen MR) is 53.2 cm³/mol. The van der Waals surface area contributed by atoms with Gasteiger partial charge >= 0.3 is 0 Å². The van der Waals surface area contributed by atoms with Crippen molar-refractivity contribution in [2.45, 2.75) is 12.4 Å². The Bertz CT molecular complexity index is 392. The average molecular weight is 224 g/mol. The molecule has 1 aromatic carbocycles. The third-order valence-corrected chi connectivity index (χ3v) is 2.62. The molecule has 0 radical (unpaired) electrons. The van der Waals surface area contributed by atoms with Crippen LogP contribution in [-0.4, -0.2) is 31.2 Å². The van der Waals surface area contributed by atoms with E-state index in [9.17, 15) is 0 Å². The second kappa shape index (κ2) is 3.93. The predicted octanol–water partition coefficient (Wildman–Crippen LogP) is 0.822. The zero-order chi connectivity index (χ0) is 11.0. The number of ether oxygens (including phenoxy) is 4. The van der Waals surface area contributed by atoms with Crippen molar-refractivity contribution in [3.8, 4) is 11.5 Å². The molecule has 2 unspecified atom stereocenters. The van der Waals surface area contributed by atoms with Gasteiger partial charge in [0.15, 0.2) is 17.8 Å². The van der Waals surface area contributed by atoms with E-state index >= 15 is 0 Å². The largest absolute Gasteiger partial charge is 0.454 e. The van der Waals surface area contributed by atoms with E-state index in [1.807, 2.05) is 18.2 Å². The van der Waals surface area contributed by atoms with Gasteiger partial charge in [-0.15, -0.1) is 0 Å². The fourth-order valence-electron chi connectivity index (χ4n) is 1.78. The zero-order valence-corrected chi connectivity index (χ0v) is 8.59. The molecule has 86 valence electrons. The zero-order valence-electron chi connectivity index (χ0n) is 8.59. The molecular weight excluding hydrogens is 212 g/mol. The number of hydrogen-bond donors (Lipinski definition) is 1. The van der Waals surface area contributed by atoms with Crippen LogP contribution in [0.15, 0.2) is 18.2 Å². The summed E-state index contributed by atoms with van der Waals surface area (Å²) in [6.45, 7) is 0.640. The van der Waals surface area contributed by atoms with Crippen LogP contribution in [0.5, 0.6) is 11.5 Å². The number of aliphatic hydroxyl groups is 1. The van der Waals surface area contributed by atoms with Gasteiger partial charge in [-0.25, -0.2) is 0 Å². The van der Waals surface area contributed by atoms with Crippen LogP contribution in [0.4, 0.5) is 0 Å². The highest BCUT2D eigenvalue weighted by Gasteiger charge is 2.28. The Balaban J connectivity index is 1.80. The van der Waals surface area contributed by atoms with E-state index in [1.165, 1.54) is 0 Å². The van der Waals surface area contributed by atoms with E-state index in [4.69, 9.17) is 24.1 Å². The van der Waals surface area contributed by atoms with Gasteiger partial charge in [0.2, 0.25) is 6.79 Å². The molecule has 1 N–H and O–H groups in total. The minimum absolute atomic E-state index is 0.0267. The summed E-state index contributed by atoms with van der Waals surface area (Å²) in [6, 6.07) is 5.54. The third kappa shape index (κ3) is 1.63. The molecule has 2 aliphatic rings. The first-order valence-electron chi connectivity index (χ1n) is 5.14. The van der Waals surface area contributed by atoms with Crippen LogP contribution < -0.4 is 9.47 Å². The fourth-order valence-corrected chi connectivity index (χ4v) is 1.78. The van der Waals surface area contributed by atoms with Crippen molar-refractivity contribution < 1.29 is 24.1 Å². The van der Waals surface area contributed by atoms with Gasteiger partial charge in [-0.05, 0) is 18.2 Å². The van der Waals surface area contributed by atoms with E-state index in [0.717, 1.165) is 11.3 Å². The van der Waals surface area contributed by atoms with Crippen LogP contribution in [0.2, 0.25) is 0 Å². The lowest BCUT2D eigenvalue weighted by atomic mass is 10.2. The molecule has 0 spiro atoms. The quantitative estimate of drug-likeness (QED) is 0.806. The lowest BCUT2D eigenvalue weighted by Gasteiger charge is -2.10. The summed E-state index contributed by atoms with van der Waals surface area (Å²) in [7, 11) is 0. The van der Waals surface area contributed by atoms with Crippen LogP contribution in [0.25, 0.3) is 0 Å². The lowest BCUT2D eigenvalue weighted by Crippen LogP contribution is -2.14. The molecule has 16 heavy (non-hydrogen) atoms. The molecule has 1 saturated heterocycles. The molecule has 5 nitrogen and oxygen atoms in total. The third-order valence-electron chi connectivity index (χ3n) is 2.62.